The van der Waals surface area contributed by atoms with E-state index in [-0.39, 0.29) is 34.2 Å². The molecule has 2 N–H and O–H groups in total. The molecule has 3 rings (SSSR count). The van der Waals surface area contributed by atoms with Crippen LogP contribution in [0.5, 0.6) is 0 Å². The first-order chi connectivity index (χ1) is 13.5. The second-order valence-electron chi connectivity index (χ2n) is 6.66. The SMILES string of the molecule is CN(C)CCSc1ccc(/C=c2\[nH]c(=O)/c(=C/c3ccccc3)[nH]c2=O)cc1.Cl. The van der Waals surface area contributed by atoms with Crippen molar-refractivity contribution < 1.29 is 0 Å². The number of hydrogen-bond donors (Lipinski definition) is 2. The van der Waals surface area contributed by atoms with Gasteiger partial charge in [-0.3, -0.25) is 9.59 Å². The number of nitrogens with zero attached hydrogens (tertiary/aromatic N) is 1. The lowest BCUT2D eigenvalue weighted by Gasteiger charge is -2.08. The van der Waals surface area contributed by atoms with Gasteiger partial charge in [0.1, 0.15) is 10.7 Å². The normalized spacial score (nSPS) is 12.2. The van der Waals surface area contributed by atoms with Crippen LogP contribution in [0.25, 0.3) is 12.2 Å². The molecule has 0 spiro atoms. The fraction of sp³-hybridized carbons (Fsp3) is 0.182. The number of thioether (sulfide) groups is 1. The summed E-state index contributed by atoms with van der Waals surface area (Å²) < 4.78 is 0. The van der Waals surface area contributed by atoms with E-state index in [0.29, 0.717) is 0 Å². The number of aromatic nitrogens is 2. The summed E-state index contributed by atoms with van der Waals surface area (Å²) in [6, 6.07) is 17.3. The quantitative estimate of drug-likeness (QED) is 0.586. The van der Waals surface area contributed by atoms with Gasteiger partial charge < -0.3 is 14.9 Å². The molecular formula is C22H24ClN3O2S. The van der Waals surface area contributed by atoms with E-state index in [1.54, 1.807) is 23.9 Å². The largest absolute Gasteiger partial charge is 0.316 e. The van der Waals surface area contributed by atoms with Crippen LogP contribution in [0, 0.1) is 0 Å². The standard InChI is InChI=1S/C22H23N3O2S.ClH/c1-25(2)12-13-28-18-10-8-17(9-11-18)15-20-22(27)23-19(21(26)24-20)14-16-6-4-3-5-7-16;/h3-11,14-15H,12-13H2,1-2H3,(H,23,27)(H,24,26);1H/b19-14-,20-15-;. The molecule has 1 heterocycles. The molecule has 0 aliphatic heterocycles. The molecule has 3 aromatic rings. The summed E-state index contributed by atoms with van der Waals surface area (Å²) in [6.07, 6.45) is 3.34. The van der Waals surface area contributed by atoms with Crippen LogP contribution in [0.1, 0.15) is 11.1 Å². The monoisotopic (exact) mass is 429 g/mol. The van der Waals surface area contributed by atoms with E-state index in [0.717, 1.165) is 23.4 Å². The van der Waals surface area contributed by atoms with Crippen molar-refractivity contribution in [3.05, 3.63) is 97.1 Å². The van der Waals surface area contributed by atoms with Crippen LogP contribution in [0.15, 0.2) is 69.1 Å². The molecule has 0 aliphatic rings. The van der Waals surface area contributed by atoms with Crippen LogP contribution >= 0.6 is 24.2 Å². The summed E-state index contributed by atoms with van der Waals surface area (Å²) >= 11 is 1.79. The molecule has 0 saturated heterocycles. The van der Waals surface area contributed by atoms with Crippen molar-refractivity contribution >= 4 is 36.3 Å². The van der Waals surface area contributed by atoms with E-state index in [1.165, 1.54) is 4.90 Å². The van der Waals surface area contributed by atoms with Crippen molar-refractivity contribution in [3.8, 4) is 0 Å². The topological polar surface area (TPSA) is 69.0 Å². The molecule has 0 atom stereocenters. The van der Waals surface area contributed by atoms with Crippen molar-refractivity contribution in [2.24, 2.45) is 0 Å². The maximum atomic E-state index is 12.4. The third-order valence-electron chi connectivity index (χ3n) is 4.09. The fourth-order valence-electron chi connectivity index (χ4n) is 2.59. The molecule has 152 valence electrons. The van der Waals surface area contributed by atoms with Crippen molar-refractivity contribution in [1.82, 2.24) is 14.9 Å². The van der Waals surface area contributed by atoms with Crippen molar-refractivity contribution in [2.75, 3.05) is 26.4 Å². The van der Waals surface area contributed by atoms with Crippen molar-refractivity contribution in [2.45, 2.75) is 4.90 Å². The molecule has 5 nitrogen and oxygen atoms in total. The van der Waals surface area contributed by atoms with Gasteiger partial charge in [-0.1, -0.05) is 42.5 Å². The third kappa shape index (κ3) is 6.78. The van der Waals surface area contributed by atoms with E-state index in [2.05, 4.69) is 29.0 Å². The second kappa shape index (κ2) is 10.9. The zero-order chi connectivity index (χ0) is 19.9. The van der Waals surface area contributed by atoms with E-state index >= 15 is 0 Å². The van der Waals surface area contributed by atoms with Crippen LogP contribution in [0.2, 0.25) is 0 Å². The van der Waals surface area contributed by atoms with Gasteiger partial charge in [0, 0.05) is 17.2 Å². The average Bonchev–Trinajstić information content (AvgIpc) is 2.68. The Morgan fingerprint density at radius 1 is 0.828 bits per heavy atom. The number of nitrogens with one attached hydrogen (secondary N) is 2. The molecule has 0 aliphatic carbocycles. The second-order valence-corrected chi connectivity index (χ2v) is 7.82. The van der Waals surface area contributed by atoms with Gasteiger partial charge in [-0.05, 0) is 49.5 Å². The lowest BCUT2D eigenvalue weighted by molar-refractivity contribution is 0.437. The Hall–Kier alpha value is -2.54. The van der Waals surface area contributed by atoms with Gasteiger partial charge >= 0.3 is 0 Å². The number of aromatic amines is 2. The van der Waals surface area contributed by atoms with Crippen LogP contribution < -0.4 is 21.8 Å². The summed E-state index contributed by atoms with van der Waals surface area (Å²) in [6.45, 7) is 1.02. The highest BCUT2D eigenvalue weighted by molar-refractivity contribution is 7.99. The average molecular weight is 430 g/mol. The highest BCUT2D eigenvalue weighted by Crippen LogP contribution is 2.18. The minimum Gasteiger partial charge on any atom is -0.316 e. The molecule has 0 bridgehead atoms. The summed E-state index contributed by atoms with van der Waals surface area (Å²) in [5.41, 5.74) is 1.05. The first kappa shape index (κ1) is 22.7. The van der Waals surface area contributed by atoms with E-state index in [9.17, 15) is 9.59 Å². The Labute approximate surface area is 179 Å². The summed E-state index contributed by atoms with van der Waals surface area (Å²) in [7, 11) is 4.11. The van der Waals surface area contributed by atoms with Crippen LogP contribution in [0.3, 0.4) is 0 Å². The first-order valence-corrected chi connectivity index (χ1v) is 9.98. The Morgan fingerprint density at radius 3 is 1.86 bits per heavy atom. The maximum Gasteiger partial charge on any atom is 0.272 e. The predicted octanol–water partition coefficient (Wildman–Crippen LogP) is 1.80. The molecule has 29 heavy (non-hydrogen) atoms. The van der Waals surface area contributed by atoms with Crippen LogP contribution in [-0.4, -0.2) is 41.3 Å². The first-order valence-electron chi connectivity index (χ1n) is 9.00. The summed E-state index contributed by atoms with van der Waals surface area (Å²) in [4.78, 5) is 33.4. The van der Waals surface area contributed by atoms with Gasteiger partial charge in [0.25, 0.3) is 11.1 Å². The fourth-order valence-corrected chi connectivity index (χ4v) is 3.61. The van der Waals surface area contributed by atoms with Crippen LogP contribution in [0.4, 0.5) is 0 Å². The van der Waals surface area contributed by atoms with Gasteiger partial charge in [0.05, 0.1) is 0 Å². The minimum absolute atomic E-state index is 0. The predicted molar refractivity (Wildman–Crippen MR) is 123 cm³/mol. The minimum atomic E-state index is -0.328. The summed E-state index contributed by atoms with van der Waals surface area (Å²) in [5.74, 6) is 1.02. The number of halogens is 1. The Morgan fingerprint density at radius 2 is 1.34 bits per heavy atom. The maximum absolute atomic E-state index is 12.4. The van der Waals surface area contributed by atoms with Gasteiger partial charge in [-0.25, -0.2) is 0 Å². The zero-order valence-electron chi connectivity index (χ0n) is 16.3. The van der Waals surface area contributed by atoms with E-state index < -0.39 is 0 Å². The third-order valence-corrected chi connectivity index (χ3v) is 5.09. The highest BCUT2D eigenvalue weighted by atomic mass is 35.5. The Bertz CT molecular complexity index is 1150. The van der Waals surface area contributed by atoms with Crippen molar-refractivity contribution in [1.29, 1.82) is 0 Å². The molecule has 0 amide bonds. The van der Waals surface area contributed by atoms with Gasteiger partial charge in [-0.15, -0.1) is 24.2 Å². The van der Waals surface area contributed by atoms with E-state index in [4.69, 9.17) is 0 Å². The molecule has 0 unspecified atom stereocenters. The Kier molecular flexibility index (Phi) is 8.51. The molecule has 0 fully saturated rings. The number of benzene rings is 2. The number of hydrogen-bond acceptors (Lipinski definition) is 4. The zero-order valence-corrected chi connectivity index (χ0v) is 18.0. The molecule has 0 saturated carbocycles. The number of H-pyrrole nitrogens is 2. The van der Waals surface area contributed by atoms with Crippen LogP contribution in [-0.2, 0) is 0 Å². The summed E-state index contributed by atoms with van der Waals surface area (Å²) in [5, 5.41) is 0.476. The van der Waals surface area contributed by atoms with Crippen molar-refractivity contribution in [3.63, 3.8) is 0 Å². The van der Waals surface area contributed by atoms with Gasteiger partial charge in [0.2, 0.25) is 0 Å². The molecule has 7 heteroatoms. The smallest absolute Gasteiger partial charge is 0.272 e. The molecule has 2 aromatic carbocycles. The molecule has 1 aromatic heterocycles. The van der Waals surface area contributed by atoms with Gasteiger partial charge in [-0.2, -0.15) is 0 Å². The molecular weight excluding hydrogens is 406 g/mol. The lowest BCUT2D eigenvalue weighted by Crippen LogP contribution is -2.46. The van der Waals surface area contributed by atoms with E-state index in [1.807, 2.05) is 54.6 Å². The Balaban J connectivity index is 0.00000300. The molecule has 0 radical (unpaired) electrons. The highest BCUT2D eigenvalue weighted by Gasteiger charge is 1.99. The lowest BCUT2D eigenvalue weighted by atomic mass is 10.2. The number of rotatable bonds is 6. The van der Waals surface area contributed by atoms with Gasteiger partial charge in [0.15, 0.2) is 0 Å².